The molecule has 1 aromatic heterocycles. The number of rotatable bonds is 5. The van der Waals surface area contributed by atoms with Gasteiger partial charge in [-0.15, -0.1) is 0 Å². The molecule has 96 valence electrons. The largest absolute Gasteiger partial charge is 0.356 e. The van der Waals surface area contributed by atoms with Crippen molar-refractivity contribution in [3.63, 3.8) is 0 Å². The van der Waals surface area contributed by atoms with Crippen molar-refractivity contribution >= 4 is 0 Å². The van der Waals surface area contributed by atoms with Crippen LogP contribution in [0.2, 0.25) is 0 Å². The molecular weight excluding hydrogens is 224 g/mol. The molecule has 2 rings (SSSR count). The first-order valence-corrected chi connectivity index (χ1v) is 6.39. The Morgan fingerprint density at radius 3 is 2.61 bits per heavy atom. The first kappa shape index (κ1) is 12.8. The van der Waals surface area contributed by atoms with Crippen molar-refractivity contribution in [2.24, 2.45) is 5.92 Å². The molecule has 1 heterocycles. The molecule has 3 nitrogen and oxygen atoms in total. The van der Waals surface area contributed by atoms with E-state index in [2.05, 4.69) is 31.2 Å². The molecule has 0 fully saturated rings. The zero-order valence-electron chi connectivity index (χ0n) is 11.2. The van der Waals surface area contributed by atoms with Gasteiger partial charge in [0.25, 0.3) is 0 Å². The lowest BCUT2D eigenvalue weighted by Crippen LogP contribution is -2.19. The standard InChI is InChI=1S/C15H20N2O/c1-11(2)9-16-10-14-12(3)15(18-17-14)13-7-5-4-6-8-13/h4-8,11,16H,9-10H2,1-3H3. The number of benzene rings is 1. The summed E-state index contributed by atoms with van der Waals surface area (Å²) in [4.78, 5) is 0. The molecule has 0 amide bonds. The van der Waals surface area contributed by atoms with Crippen LogP contribution in [-0.2, 0) is 6.54 Å². The first-order valence-electron chi connectivity index (χ1n) is 6.39. The summed E-state index contributed by atoms with van der Waals surface area (Å²) in [7, 11) is 0. The van der Waals surface area contributed by atoms with Crippen molar-refractivity contribution in [1.29, 1.82) is 0 Å². The fourth-order valence-electron chi connectivity index (χ4n) is 1.87. The quantitative estimate of drug-likeness (QED) is 0.876. The Bertz CT molecular complexity index is 488. The molecule has 18 heavy (non-hydrogen) atoms. The predicted octanol–water partition coefficient (Wildman–Crippen LogP) is 3.40. The maximum absolute atomic E-state index is 5.45. The molecule has 0 saturated heterocycles. The lowest BCUT2D eigenvalue weighted by atomic mass is 10.1. The van der Waals surface area contributed by atoms with Gasteiger partial charge >= 0.3 is 0 Å². The molecule has 0 spiro atoms. The van der Waals surface area contributed by atoms with Crippen LogP contribution >= 0.6 is 0 Å². The summed E-state index contributed by atoms with van der Waals surface area (Å²) in [6, 6.07) is 10.1. The van der Waals surface area contributed by atoms with Crippen molar-refractivity contribution in [3.8, 4) is 11.3 Å². The van der Waals surface area contributed by atoms with E-state index in [0.717, 1.165) is 35.7 Å². The van der Waals surface area contributed by atoms with Gasteiger partial charge in [-0.1, -0.05) is 49.3 Å². The third-order valence-corrected chi connectivity index (χ3v) is 2.90. The van der Waals surface area contributed by atoms with Gasteiger partial charge in [0.05, 0.1) is 0 Å². The predicted molar refractivity (Wildman–Crippen MR) is 73.2 cm³/mol. The molecule has 1 aromatic carbocycles. The Hall–Kier alpha value is -1.61. The first-order chi connectivity index (χ1) is 8.68. The van der Waals surface area contributed by atoms with Gasteiger partial charge in [0.15, 0.2) is 5.76 Å². The summed E-state index contributed by atoms with van der Waals surface area (Å²) in [6.07, 6.45) is 0. The molecule has 0 radical (unpaired) electrons. The van der Waals surface area contributed by atoms with E-state index in [9.17, 15) is 0 Å². The van der Waals surface area contributed by atoms with E-state index in [1.807, 2.05) is 30.3 Å². The van der Waals surface area contributed by atoms with E-state index in [-0.39, 0.29) is 0 Å². The zero-order chi connectivity index (χ0) is 13.0. The van der Waals surface area contributed by atoms with Crippen molar-refractivity contribution in [1.82, 2.24) is 10.5 Å². The average molecular weight is 244 g/mol. The minimum absolute atomic E-state index is 0.644. The third-order valence-electron chi connectivity index (χ3n) is 2.90. The van der Waals surface area contributed by atoms with Gasteiger partial charge in [0.2, 0.25) is 0 Å². The highest BCUT2D eigenvalue weighted by Gasteiger charge is 2.12. The second-order valence-corrected chi connectivity index (χ2v) is 4.97. The number of hydrogen-bond donors (Lipinski definition) is 1. The summed E-state index contributed by atoms with van der Waals surface area (Å²) >= 11 is 0. The minimum atomic E-state index is 0.644. The summed E-state index contributed by atoms with van der Waals surface area (Å²) in [6.45, 7) is 8.20. The van der Waals surface area contributed by atoms with Crippen LogP contribution in [0, 0.1) is 12.8 Å². The number of hydrogen-bond acceptors (Lipinski definition) is 3. The summed E-state index contributed by atoms with van der Waals surface area (Å²) < 4.78 is 5.45. The lowest BCUT2D eigenvalue weighted by molar-refractivity contribution is 0.418. The van der Waals surface area contributed by atoms with Crippen molar-refractivity contribution in [2.75, 3.05) is 6.54 Å². The van der Waals surface area contributed by atoms with E-state index in [1.54, 1.807) is 0 Å². The summed E-state index contributed by atoms with van der Waals surface area (Å²) in [5, 5.41) is 7.54. The molecule has 0 aliphatic rings. The van der Waals surface area contributed by atoms with E-state index < -0.39 is 0 Å². The van der Waals surface area contributed by atoms with E-state index in [0.29, 0.717) is 5.92 Å². The van der Waals surface area contributed by atoms with E-state index in [1.165, 1.54) is 0 Å². The number of nitrogens with one attached hydrogen (secondary N) is 1. The van der Waals surface area contributed by atoms with Crippen LogP contribution in [0.5, 0.6) is 0 Å². The minimum Gasteiger partial charge on any atom is -0.356 e. The SMILES string of the molecule is Cc1c(CNCC(C)C)noc1-c1ccccc1. The number of aromatic nitrogens is 1. The van der Waals surface area contributed by atoms with Gasteiger partial charge in [0, 0.05) is 17.7 Å². The van der Waals surface area contributed by atoms with Gasteiger partial charge in [-0.2, -0.15) is 0 Å². The summed E-state index contributed by atoms with van der Waals surface area (Å²) in [5.74, 6) is 1.52. The molecule has 0 aliphatic heterocycles. The molecule has 2 aromatic rings. The fraction of sp³-hybridized carbons (Fsp3) is 0.400. The molecule has 0 bridgehead atoms. The Morgan fingerprint density at radius 2 is 1.94 bits per heavy atom. The van der Waals surface area contributed by atoms with Crippen LogP contribution in [0.3, 0.4) is 0 Å². The van der Waals surface area contributed by atoms with Crippen LogP contribution in [0.25, 0.3) is 11.3 Å². The smallest absolute Gasteiger partial charge is 0.170 e. The summed E-state index contributed by atoms with van der Waals surface area (Å²) in [5.41, 5.74) is 3.20. The second kappa shape index (κ2) is 5.83. The highest BCUT2D eigenvalue weighted by molar-refractivity contribution is 5.61. The molecule has 3 heteroatoms. The number of nitrogens with zero attached hydrogens (tertiary/aromatic N) is 1. The van der Waals surface area contributed by atoms with Gasteiger partial charge in [-0.05, 0) is 19.4 Å². The van der Waals surface area contributed by atoms with Crippen LogP contribution in [0.15, 0.2) is 34.9 Å². The fourth-order valence-corrected chi connectivity index (χ4v) is 1.87. The molecule has 0 saturated carbocycles. The molecule has 0 atom stereocenters. The Kier molecular flexibility index (Phi) is 4.15. The maximum Gasteiger partial charge on any atom is 0.170 e. The Morgan fingerprint density at radius 1 is 1.22 bits per heavy atom. The van der Waals surface area contributed by atoms with E-state index in [4.69, 9.17) is 4.52 Å². The second-order valence-electron chi connectivity index (χ2n) is 4.97. The van der Waals surface area contributed by atoms with Crippen LogP contribution < -0.4 is 5.32 Å². The topological polar surface area (TPSA) is 38.1 Å². The normalized spacial score (nSPS) is 11.1. The maximum atomic E-state index is 5.45. The zero-order valence-corrected chi connectivity index (χ0v) is 11.2. The Labute approximate surface area is 108 Å². The van der Waals surface area contributed by atoms with Crippen molar-refractivity contribution in [2.45, 2.75) is 27.3 Å². The highest BCUT2D eigenvalue weighted by Crippen LogP contribution is 2.25. The van der Waals surface area contributed by atoms with Crippen molar-refractivity contribution in [3.05, 3.63) is 41.6 Å². The average Bonchev–Trinajstić information content (AvgIpc) is 2.72. The van der Waals surface area contributed by atoms with Crippen LogP contribution in [0.1, 0.15) is 25.1 Å². The lowest BCUT2D eigenvalue weighted by Gasteiger charge is -2.05. The van der Waals surface area contributed by atoms with E-state index >= 15 is 0 Å². The van der Waals surface area contributed by atoms with Gasteiger partial charge in [-0.25, -0.2) is 0 Å². The van der Waals surface area contributed by atoms with Crippen LogP contribution in [0.4, 0.5) is 0 Å². The third kappa shape index (κ3) is 2.99. The van der Waals surface area contributed by atoms with Crippen LogP contribution in [-0.4, -0.2) is 11.7 Å². The Balaban J connectivity index is 2.09. The molecular formula is C15H20N2O. The molecule has 0 aliphatic carbocycles. The highest BCUT2D eigenvalue weighted by atomic mass is 16.5. The van der Waals surface area contributed by atoms with Crippen molar-refractivity contribution < 1.29 is 4.52 Å². The molecule has 0 unspecified atom stereocenters. The van der Waals surface area contributed by atoms with Gasteiger partial charge in [-0.3, -0.25) is 0 Å². The van der Waals surface area contributed by atoms with Gasteiger partial charge in [0.1, 0.15) is 5.69 Å². The monoisotopic (exact) mass is 244 g/mol. The van der Waals surface area contributed by atoms with Gasteiger partial charge < -0.3 is 9.84 Å². The molecule has 1 N–H and O–H groups in total.